The standard InChI is InChI=1S/C14H19F3N2O/c1-8(2)3-9(7-18)4-13(20)19-10-5-11(15)14(17)12(16)6-10/h5-6,8-9H,3-4,7,18H2,1-2H3,(H,19,20)/t9-/m0/s1. The number of rotatable bonds is 6. The van der Waals surface area contributed by atoms with Crippen molar-refractivity contribution in [3.63, 3.8) is 0 Å². The Morgan fingerprint density at radius 1 is 1.25 bits per heavy atom. The highest BCUT2D eigenvalue weighted by Crippen LogP contribution is 2.19. The van der Waals surface area contributed by atoms with E-state index in [1.807, 2.05) is 13.8 Å². The van der Waals surface area contributed by atoms with Crippen molar-refractivity contribution in [1.29, 1.82) is 0 Å². The Morgan fingerprint density at radius 3 is 2.25 bits per heavy atom. The lowest BCUT2D eigenvalue weighted by atomic mass is 9.94. The molecule has 1 amide bonds. The molecule has 0 bridgehead atoms. The van der Waals surface area contributed by atoms with Crippen LogP contribution in [0.5, 0.6) is 0 Å². The van der Waals surface area contributed by atoms with Gasteiger partial charge in [0, 0.05) is 24.2 Å². The first-order valence-electron chi connectivity index (χ1n) is 6.48. The maximum absolute atomic E-state index is 13.0. The van der Waals surface area contributed by atoms with Gasteiger partial charge in [0.25, 0.3) is 0 Å². The Labute approximate surface area is 116 Å². The highest BCUT2D eigenvalue weighted by Gasteiger charge is 2.16. The van der Waals surface area contributed by atoms with Crippen LogP contribution < -0.4 is 11.1 Å². The van der Waals surface area contributed by atoms with E-state index in [4.69, 9.17) is 5.73 Å². The second kappa shape index (κ2) is 7.28. The lowest BCUT2D eigenvalue weighted by Crippen LogP contribution is -2.23. The molecule has 0 aromatic heterocycles. The lowest BCUT2D eigenvalue weighted by molar-refractivity contribution is -0.117. The molecule has 0 aliphatic heterocycles. The van der Waals surface area contributed by atoms with Crippen molar-refractivity contribution >= 4 is 11.6 Å². The number of nitrogens with two attached hydrogens (primary N) is 1. The summed E-state index contributed by atoms with van der Waals surface area (Å²) in [6.45, 7) is 4.40. The van der Waals surface area contributed by atoms with Crippen molar-refractivity contribution in [2.75, 3.05) is 11.9 Å². The number of benzene rings is 1. The molecule has 6 heteroatoms. The van der Waals surface area contributed by atoms with Crippen LogP contribution in [0.15, 0.2) is 12.1 Å². The number of hydrogen-bond donors (Lipinski definition) is 2. The fraction of sp³-hybridized carbons (Fsp3) is 0.500. The van der Waals surface area contributed by atoms with Gasteiger partial charge < -0.3 is 11.1 Å². The second-order valence-corrected chi connectivity index (χ2v) is 5.24. The van der Waals surface area contributed by atoms with Crippen LogP contribution in [0, 0.1) is 29.3 Å². The number of anilines is 1. The van der Waals surface area contributed by atoms with Crippen LogP contribution in [-0.2, 0) is 4.79 Å². The summed E-state index contributed by atoms with van der Waals surface area (Å²) < 4.78 is 38.8. The molecule has 0 fully saturated rings. The van der Waals surface area contributed by atoms with Crippen molar-refractivity contribution in [1.82, 2.24) is 0 Å². The van der Waals surface area contributed by atoms with Gasteiger partial charge in [-0.2, -0.15) is 0 Å². The Balaban J connectivity index is 2.66. The molecule has 0 radical (unpaired) electrons. The zero-order valence-electron chi connectivity index (χ0n) is 11.6. The minimum atomic E-state index is -1.55. The summed E-state index contributed by atoms with van der Waals surface area (Å²) in [6.07, 6.45) is 0.950. The second-order valence-electron chi connectivity index (χ2n) is 5.24. The third-order valence-electron chi connectivity index (χ3n) is 2.88. The van der Waals surface area contributed by atoms with Crippen molar-refractivity contribution in [2.45, 2.75) is 26.7 Å². The SMILES string of the molecule is CC(C)C[C@H](CN)CC(=O)Nc1cc(F)c(F)c(F)c1. The van der Waals surface area contributed by atoms with E-state index in [0.717, 1.165) is 18.6 Å². The van der Waals surface area contributed by atoms with E-state index in [1.165, 1.54) is 0 Å². The van der Waals surface area contributed by atoms with E-state index in [-0.39, 0.29) is 18.0 Å². The molecule has 0 spiro atoms. The Morgan fingerprint density at radius 2 is 1.80 bits per heavy atom. The van der Waals surface area contributed by atoms with E-state index >= 15 is 0 Å². The van der Waals surface area contributed by atoms with Crippen molar-refractivity contribution < 1.29 is 18.0 Å². The molecule has 20 heavy (non-hydrogen) atoms. The quantitative estimate of drug-likeness (QED) is 0.790. The topological polar surface area (TPSA) is 55.1 Å². The number of nitrogens with one attached hydrogen (secondary N) is 1. The zero-order valence-corrected chi connectivity index (χ0v) is 11.6. The fourth-order valence-electron chi connectivity index (χ4n) is 2.03. The van der Waals surface area contributed by atoms with Gasteiger partial charge in [-0.05, 0) is 24.8 Å². The van der Waals surface area contributed by atoms with Crippen molar-refractivity contribution in [3.8, 4) is 0 Å². The van der Waals surface area contributed by atoms with Gasteiger partial charge in [-0.15, -0.1) is 0 Å². The molecule has 1 rings (SSSR count). The average Bonchev–Trinajstić information content (AvgIpc) is 2.34. The molecule has 1 atom stereocenters. The first-order valence-corrected chi connectivity index (χ1v) is 6.48. The Bertz CT molecular complexity index is 454. The van der Waals surface area contributed by atoms with Gasteiger partial charge in [-0.25, -0.2) is 13.2 Å². The highest BCUT2D eigenvalue weighted by molar-refractivity contribution is 5.90. The Kier molecular flexibility index (Phi) is 6.01. The summed E-state index contributed by atoms with van der Waals surface area (Å²) in [4.78, 5) is 11.8. The summed E-state index contributed by atoms with van der Waals surface area (Å²) in [6, 6.07) is 1.49. The van der Waals surface area contributed by atoms with Gasteiger partial charge in [0.15, 0.2) is 17.5 Å². The third-order valence-corrected chi connectivity index (χ3v) is 2.88. The molecule has 112 valence electrons. The van der Waals surface area contributed by atoms with Crippen LogP contribution in [0.25, 0.3) is 0 Å². The molecule has 0 saturated heterocycles. The minimum absolute atomic E-state index is 0.00476. The molecule has 0 saturated carbocycles. The molecular formula is C14H19F3N2O. The minimum Gasteiger partial charge on any atom is -0.330 e. The normalized spacial score (nSPS) is 12.6. The van der Waals surface area contributed by atoms with E-state index in [1.54, 1.807) is 0 Å². The first-order chi connectivity index (χ1) is 9.33. The van der Waals surface area contributed by atoms with E-state index in [2.05, 4.69) is 5.32 Å². The summed E-state index contributed by atoms with van der Waals surface area (Å²) >= 11 is 0. The van der Waals surface area contributed by atoms with Gasteiger partial charge in [0.2, 0.25) is 5.91 Å². The number of amides is 1. The molecular weight excluding hydrogens is 269 g/mol. The summed E-state index contributed by atoms with van der Waals surface area (Å²) in [7, 11) is 0. The fourth-order valence-corrected chi connectivity index (χ4v) is 2.03. The molecule has 0 aliphatic carbocycles. The van der Waals surface area contributed by atoms with Gasteiger partial charge >= 0.3 is 0 Å². The van der Waals surface area contributed by atoms with Crippen LogP contribution in [0.1, 0.15) is 26.7 Å². The predicted molar refractivity (Wildman–Crippen MR) is 71.6 cm³/mol. The monoisotopic (exact) mass is 288 g/mol. The highest BCUT2D eigenvalue weighted by atomic mass is 19.2. The number of halogens is 3. The summed E-state index contributed by atoms with van der Waals surface area (Å²) in [5.74, 6) is -4.22. The molecule has 1 aromatic rings. The van der Waals surface area contributed by atoms with Crippen LogP contribution >= 0.6 is 0 Å². The molecule has 3 N–H and O–H groups in total. The maximum atomic E-state index is 13.0. The lowest BCUT2D eigenvalue weighted by Gasteiger charge is -2.16. The van der Waals surface area contributed by atoms with Crippen molar-refractivity contribution in [2.24, 2.45) is 17.6 Å². The van der Waals surface area contributed by atoms with Crippen LogP contribution in [0.2, 0.25) is 0 Å². The van der Waals surface area contributed by atoms with Gasteiger partial charge in [-0.3, -0.25) is 4.79 Å². The van der Waals surface area contributed by atoms with E-state index < -0.39 is 23.4 Å². The first kappa shape index (κ1) is 16.5. The van der Waals surface area contributed by atoms with Crippen LogP contribution in [0.3, 0.4) is 0 Å². The van der Waals surface area contributed by atoms with Gasteiger partial charge in [0.1, 0.15) is 0 Å². The zero-order chi connectivity index (χ0) is 15.3. The summed E-state index contributed by atoms with van der Waals surface area (Å²) in [5.41, 5.74) is 5.48. The Hall–Kier alpha value is -1.56. The van der Waals surface area contributed by atoms with Crippen molar-refractivity contribution in [3.05, 3.63) is 29.6 Å². The largest absolute Gasteiger partial charge is 0.330 e. The molecule has 3 nitrogen and oxygen atoms in total. The molecule has 0 heterocycles. The summed E-state index contributed by atoms with van der Waals surface area (Å²) in [5, 5.41) is 2.35. The molecule has 0 unspecified atom stereocenters. The van der Waals surface area contributed by atoms with E-state index in [9.17, 15) is 18.0 Å². The maximum Gasteiger partial charge on any atom is 0.224 e. The predicted octanol–water partition coefficient (Wildman–Crippen LogP) is 3.05. The van der Waals surface area contributed by atoms with E-state index in [0.29, 0.717) is 12.5 Å². The smallest absolute Gasteiger partial charge is 0.224 e. The molecule has 1 aromatic carbocycles. The average molecular weight is 288 g/mol. The number of carbonyl (C=O) groups excluding carboxylic acids is 1. The number of carbonyl (C=O) groups is 1. The number of hydrogen-bond acceptors (Lipinski definition) is 2. The van der Waals surface area contributed by atoms with Gasteiger partial charge in [-0.1, -0.05) is 13.8 Å². The third kappa shape index (κ3) is 4.85. The van der Waals surface area contributed by atoms with Crippen LogP contribution in [0.4, 0.5) is 18.9 Å². The molecule has 0 aliphatic rings. The van der Waals surface area contributed by atoms with Gasteiger partial charge in [0.05, 0.1) is 0 Å². The van der Waals surface area contributed by atoms with Crippen LogP contribution in [-0.4, -0.2) is 12.5 Å².